The van der Waals surface area contributed by atoms with Crippen molar-refractivity contribution in [3.8, 4) is 0 Å². The molecule has 0 fully saturated rings. The second-order valence-electron chi connectivity index (χ2n) is 4.66. The molecule has 0 aliphatic carbocycles. The van der Waals surface area contributed by atoms with Crippen molar-refractivity contribution in [1.82, 2.24) is 4.98 Å². The highest BCUT2D eigenvalue weighted by molar-refractivity contribution is 7.90. The Balaban J connectivity index is 2.26. The number of hydrogen-bond donors (Lipinski definition) is 1. The van der Waals surface area contributed by atoms with Crippen LogP contribution in [0.3, 0.4) is 0 Å². The maximum atomic E-state index is 12.5. The average molecular weight is 288 g/mol. The highest BCUT2D eigenvalue weighted by Crippen LogP contribution is 2.22. The van der Waals surface area contributed by atoms with Gasteiger partial charge in [-0.25, -0.2) is 0 Å². The molecule has 0 aliphatic heterocycles. The fourth-order valence-electron chi connectivity index (χ4n) is 2.23. The lowest BCUT2D eigenvalue weighted by molar-refractivity contribution is 0.593. The summed E-state index contributed by atoms with van der Waals surface area (Å²) in [7, 11) is 0. The molecule has 4 heteroatoms. The highest BCUT2D eigenvalue weighted by atomic mass is 32.2. The summed E-state index contributed by atoms with van der Waals surface area (Å²) in [6.45, 7) is 4.20. The normalized spacial score (nSPS) is 12.3. The number of pyridine rings is 1. The zero-order chi connectivity index (χ0) is 14.5. The fraction of sp³-hybridized carbons (Fsp3) is 0.312. The van der Waals surface area contributed by atoms with E-state index in [9.17, 15) is 4.55 Å². The van der Waals surface area contributed by atoms with Crippen molar-refractivity contribution in [3.05, 3.63) is 53.3 Å². The SMILES string of the molecule is CCc1ccnc(CC)c1C[S+]([O-])c1ccc(N)cc1. The molecule has 0 bridgehead atoms. The molecule has 1 heterocycles. The van der Waals surface area contributed by atoms with Gasteiger partial charge in [-0.3, -0.25) is 4.98 Å². The summed E-state index contributed by atoms with van der Waals surface area (Å²) in [6.07, 6.45) is 3.64. The van der Waals surface area contributed by atoms with E-state index in [0.717, 1.165) is 29.0 Å². The van der Waals surface area contributed by atoms with E-state index in [1.807, 2.05) is 24.4 Å². The largest absolute Gasteiger partial charge is 0.611 e. The van der Waals surface area contributed by atoms with Crippen LogP contribution in [0.25, 0.3) is 0 Å². The average Bonchev–Trinajstić information content (AvgIpc) is 2.48. The zero-order valence-electron chi connectivity index (χ0n) is 11.9. The van der Waals surface area contributed by atoms with Gasteiger partial charge in [-0.05, 0) is 59.9 Å². The lowest BCUT2D eigenvalue weighted by atomic mass is 10.0. The Labute approximate surface area is 123 Å². The van der Waals surface area contributed by atoms with Gasteiger partial charge < -0.3 is 10.3 Å². The minimum atomic E-state index is -1.06. The van der Waals surface area contributed by atoms with Crippen LogP contribution < -0.4 is 5.73 Å². The number of benzene rings is 1. The quantitative estimate of drug-likeness (QED) is 0.679. The predicted octanol–water partition coefficient (Wildman–Crippen LogP) is 3.10. The van der Waals surface area contributed by atoms with Gasteiger partial charge in [0.15, 0.2) is 4.90 Å². The fourth-order valence-corrected chi connectivity index (χ4v) is 3.45. The first kappa shape index (κ1) is 14.9. The number of nitrogens with two attached hydrogens (primary N) is 1. The summed E-state index contributed by atoms with van der Waals surface area (Å²) in [5, 5.41) is 0. The molecular weight excluding hydrogens is 268 g/mol. The summed E-state index contributed by atoms with van der Waals surface area (Å²) < 4.78 is 12.5. The van der Waals surface area contributed by atoms with Gasteiger partial charge in [0.1, 0.15) is 5.75 Å². The molecule has 0 amide bonds. The second kappa shape index (κ2) is 6.77. The maximum absolute atomic E-state index is 12.5. The van der Waals surface area contributed by atoms with Crippen molar-refractivity contribution in [2.75, 3.05) is 5.73 Å². The number of aromatic nitrogens is 1. The summed E-state index contributed by atoms with van der Waals surface area (Å²) in [6, 6.07) is 9.27. The first-order valence-electron chi connectivity index (χ1n) is 6.85. The van der Waals surface area contributed by atoms with Crippen LogP contribution in [-0.4, -0.2) is 9.54 Å². The zero-order valence-corrected chi connectivity index (χ0v) is 12.7. The molecule has 0 aliphatic rings. The van der Waals surface area contributed by atoms with E-state index in [0.29, 0.717) is 11.4 Å². The smallest absolute Gasteiger partial charge is 0.153 e. The Morgan fingerprint density at radius 2 is 1.80 bits per heavy atom. The number of rotatable bonds is 5. The molecule has 20 heavy (non-hydrogen) atoms. The molecule has 0 radical (unpaired) electrons. The molecule has 106 valence electrons. The monoisotopic (exact) mass is 288 g/mol. The molecule has 2 aromatic rings. The first-order valence-corrected chi connectivity index (χ1v) is 8.17. The van der Waals surface area contributed by atoms with Crippen molar-refractivity contribution in [3.63, 3.8) is 0 Å². The molecule has 1 aromatic heterocycles. The van der Waals surface area contributed by atoms with E-state index in [1.165, 1.54) is 5.56 Å². The molecular formula is C16H20N2OS. The third kappa shape index (κ3) is 3.32. The predicted molar refractivity (Wildman–Crippen MR) is 84.0 cm³/mol. The summed E-state index contributed by atoms with van der Waals surface area (Å²) in [5.74, 6) is 0.518. The van der Waals surface area contributed by atoms with Crippen LogP contribution in [-0.2, 0) is 29.8 Å². The first-order chi connectivity index (χ1) is 9.65. The van der Waals surface area contributed by atoms with E-state index in [4.69, 9.17) is 5.73 Å². The molecule has 0 saturated carbocycles. The standard InChI is InChI=1S/C16H20N2OS/c1-3-12-9-10-18-16(4-2)15(12)11-20(19)14-7-5-13(17)6-8-14/h5-10H,3-4,11,17H2,1-2H3. The third-order valence-corrected chi connectivity index (χ3v) is 4.73. The van der Waals surface area contributed by atoms with Crippen LogP contribution in [0.2, 0.25) is 0 Å². The van der Waals surface area contributed by atoms with Crippen molar-refractivity contribution in [2.24, 2.45) is 0 Å². The van der Waals surface area contributed by atoms with Crippen LogP contribution in [0.15, 0.2) is 41.4 Å². The summed E-state index contributed by atoms with van der Waals surface area (Å²) in [4.78, 5) is 5.22. The van der Waals surface area contributed by atoms with Crippen molar-refractivity contribution >= 4 is 16.9 Å². The molecule has 0 spiro atoms. The Morgan fingerprint density at radius 1 is 1.10 bits per heavy atom. The number of nitrogens with zero attached hydrogens (tertiary/aromatic N) is 1. The number of nitrogen functional groups attached to an aromatic ring is 1. The van der Waals surface area contributed by atoms with E-state index in [2.05, 4.69) is 18.8 Å². The van der Waals surface area contributed by atoms with Crippen LogP contribution in [0.5, 0.6) is 0 Å². The number of anilines is 1. The Bertz CT molecular complexity index is 547. The van der Waals surface area contributed by atoms with Crippen molar-refractivity contribution in [2.45, 2.75) is 37.3 Å². The Kier molecular flexibility index (Phi) is 5.04. The summed E-state index contributed by atoms with van der Waals surface area (Å²) >= 11 is -1.06. The van der Waals surface area contributed by atoms with Crippen LogP contribution in [0, 0.1) is 0 Å². The Morgan fingerprint density at radius 3 is 2.40 bits per heavy atom. The van der Waals surface area contributed by atoms with E-state index < -0.39 is 11.2 Å². The van der Waals surface area contributed by atoms with E-state index in [1.54, 1.807) is 12.1 Å². The maximum Gasteiger partial charge on any atom is 0.153 e. The number of hydrogen-bond acceptors (Lipinski definition) is 3. The number of aryl methyl sites for hydroxylation is 2. The van der Waals surface area contributed by atoms with Crippen LogP contribution in [0.1, 0.15) is 30.7 Å². The van der Waals surface area contributed by atoms with Gasteiger partial charge in [-0.1, -0.05) is 13.8 Å². The van der Waals surface area contributed by atoms with E-state index in [-0.39, 0.29) is 0 Å². The van der Waals surface area contributed by atoms with Gasteiger partial charge in [-0.2, -0.15) is 0 Å². The topological polar surface area (TPSA) is 62.0 Å². The van der Waals surface area contributed by atoms with Gasteiger partial charge in [0.2, 0.25) is 0 Å². The van der Waals surface area contributed by atoms with Gasteiger partial charge in [-0.15, -0.1) is 0 Å². The highest BCUT2D eigenvalue weighted by Gasteiger charge is 2.17. The van der Waals surface area contributed by atoms with Crippen LogP contribution >= 0.6 is 0 Å². The van der Waals surface area contributed by atoms with Gasteiger partial charge in [0, 0.05) is 23.1 Å². The van der Waals surface area contributed by atoms with E-state index >= 15 is 0 Å². The molecule has 2 rings (SSSR count). The molecule has 1 atom stereocenters. The van der Waals surface area contributed by atoms with Crippen molar-refractivity contribution < 1.29 is 4.55 Å². The minimum Gasteiger partial charge on any atom is -0.611 e. The molecule has 3 nitrogen and oxygen atoms in total. The Hall–Kier alpha value is -1.52. The lowest BCUT2D eigenvalue weighted by Crippen LogP contribution is -2.10. The van der Waals surface area contributed by atoms with Gasteiger partial charge in [0.25, 0.3) is 0 Å². The van der Waals surface area contributed by atoms with Crippen LogP contribution in [0.4, 0.5) is 5.69 Å². The molecule has 0 saturated heterocycles. The van der Waals surface area contributed by atoms with Gasteiger partial charge in [0.05, 0.1) is 0 Å². The third-order valence-electron chi connectivity index (χ3n) is 3.38. The molecule has 2 N–H and O–H groups in total. The minimum absolute atomic E-state index is 0.518. The summed E-state index contributed by atoms with van der Waals surface area (Å²) in [5.41, 5.74) is 9.77. The lowest BCUT2D eigenvalue weighted by Gasteiger charge is -2.15. The second-order valence-corrected chi connectivity index (χ2v) is 6.11. The van der Waals surface area contributed by atoms with Gasteiger partial charge >= 0.3 is 0 Å². The molecule has 1 aromatic carbocycles. The van der Waals surface area contributed by atoms with Crippen molar-refractivity contribution in [1.29, 1.82) is 0 Å². The molecule has 1 unspecified atom stereocenters.